The van der Waals surface area contributed by atoms with Crippen LogP contribution in [0, 0.1) is 0 Å². The Morgan fingerprint density at radius 1 is 0.538 bits per heavy atom. The number of likely N-dealkylation sites (N-methyl/N-ethyl adjacent to an activating group) is 1. The molecule has 0 aliphatic carbocycles. The standard InChI is InChI=1S/C56H103N2O6P/c1-6-8-10-12-14-16-18-20-22-24-26-27-28-29-30-32-33-35-37-39-41-43-45-47-49-55(59)54(53-64-65(61,62)63-52-51-58(3,4)5)57-56(60)50-48-46-44-42-40-38-36-34-31-25-23-21-19-17-15-13-11-9-7-2/h9,11,15,17,21,23,31,34,38,40,47,49,54-55,59H,6-8,10,12-14,16,18-20,22,24-30,32-33,35-37,39,41-46,48,50-53H2,1-5H3,(H-,57,60,61,62)/p+1/b11-9-,17-15-,23-21-,34-31-,40-38-,49-47+. The molecule has 0 aromatic rings. The molecule has 0 saturated heterocycles. The third-order valence-corrected chi connectivity index (χ3v) is 12.7. The molecule has 0 aliphatic rings. The molecule has 0 aromatic heterocycles. The summed E-state index contributed by atoms with van der Waals surface area (Å²) in [6.45, 7) is 4.68. The molecule has 0 spiro atoms. The van der Waals surface area contributed by atoms with Gasteiger partial charge in [-0.05, 0) is 64.2 Å². The van der Waals surface area contributed by atoms with Crippen molar-refractivity contribution in [1.29, 1.82) is 0 Å². The van der Waals surface area contributed by atoms with E-state index in [2.05, 4.69) is 79.9 Å². The molecule has 0 saturated carbocycles. The molecule has 1 amide bonds. The van der Waals surface area contributed by atoms with E-state index in [1.807, 2.05) is 27.2 Å². The third kappa shape index (κ3) is 49.7. The number of nitrogens with zero attached hydrogens (tertiary/aromatic N) is 1. The number of rotatable bonds is 48. The van der Waals surface area contributed by atoms with Crippen LogP contribution in [-0.2, 0) is 18.4 Å². The van der Waals surface area contributed by atoms with E-state index < -0.39 is 20.0 Å². The Morgan fingerprint density at radius 3 is 1.35 bits per heavy atom. The van der Waals surface area contributed by atoms with Crippen molar-refractivity contribution in [2.75, 3.05) is 40.9 Å². The van der Waals surface area contributed by atoms with Gasteiger partial charge in [0.15, 0.2) is 0 Å². The summed E-state index contributed by atoms with van der Waals surface area (Å²) in [6.07, 6.45) is 64.2. The number of nitrogens with one attached hydrogen (secondary N) is 1. The number of quaternary nitrogens is 1. The fourth-order valence-electron chi connectivity index (χ4n) is 7.48. The van der Waals surface area contributed by atoms with Gasteiger partial charge < -0.3 is 19.8 Å². The largest absolute Gasteiger partial charge is 0.472 e. The smallest absolute Gasteiger partial charge is 0.387 e. The predicted octanol–water partition coefficient (Wildman–Crippen LogP) is 15.9. The highest BCUT2D eigenvalue weighted by Gasteiger charge is 2.27. The minimum absolute atomic E-state index is 0.0515. The fraction of sp³-hybridized carbons (Fsp3) is 0.768. The maximum absolute atomic E-state index is 12.9. The Balaban J connectivity index is 4.33. The number of phosphoric acid groups is 1. The molecule has 3 unspecified atom stereocenters. The molecule has 378 valence electrons. The second-order valence-corrected chi connectivity index (χ2v) is 20.7. The lowest BCUT2D eigenvalue weighted by Crippen LogP contribution is -2.45. The normalized spacial score (nSPS) is 14.6. The molecule has 0 aromatic carbocycles. The van der Waals surface area contributed by atoms with Crippen LogP contribution in [-0.4, -0.2) is 73.4 Å². The number of hydrogen-bond donors (Lipinski definition) is 3. The molecule has 3 N–H and O–H groups in total. The van der Waals surface area contributed by atoms with E-state index >= 15 is 0 Å². The minimum Gasteiger partial charge on any atom is -0.387 e. The summed E-state index contributed by atoms with van der Waals surface area (Å²) < 4.78 is 23.7. The van der Waals surface area contributed by atoms with Crippen LogP contribution in [0.15, 0.2) is 72.9 Å². The molecule has 0 heterocycles. The lowest BCUT2D eigenvalue weighted by atomic mass is 10.0. The first kappa shape index (κ1) is 62.9. The molecule has 8 nitrogen and oxygen atoms in total. The van der Waals surface area contributed by atoms with Crippen molar-refractivity contribution in [2.24, 2.45) is 0 Å². The van der Waals surface area contributed by atoms with Gasteiger partial charge in [0, 0.05) is 6.42 Å². The number of carbonyl (C=O) groups is 1. The van der Waals surface area contributed by atoms with E-state index in [-0.39, 0.29) is 19.1 Å². The van der Waals surface area contributed by atoms with Crippen LogP contribution in [0.25, 0.3) is 0 Å². The SMILES string of the molecule is CC/C=C\C/C=C\C/C=C\C/C=C\C/C=C\CCCCCC(=O)NC(COP(=O)(O)OCC[N+](C)(C)C)C(O)/C=C/CCCCCCCCCCCCCCCCCCCCCCCC. The van der Waals surface area contributed by atoms with Gasteiger partial charge in [0.2, 0.25) is 5.91 Å². The van der Waals surface area contributed by atoms with Crippen molar-refractivity contribution in [2.45, 2.75) is 238 Å². The number of carbonyl (C=O) groups excluding carboxylic acids is 1. The van der Waals surface area contributed by atoms with Crippen LogP contribution in [0.5, 0.6) is 0 Å². The lowest BCUT2D eigenvalue weighted by Gasteiger charge is -2.25. The van der Waals surface area contributed by atoms with Crippen molar-refractivity contribution < 1.29 is 32.9 Å². The van der Waals surface area contributed by atoms with E-state index in [0.29, 0.717) is 17.4 Å². The fourth-order valence-corrected chi connectivity index (χ4v) is 8.22. The van der Waals surface area contributed by atoms with Gasteiger partial charge in [-0.25, -0.2) is 4.57 Å². The maximum atomic E-state index is 12.9. The van der Waals surface area contributed by atoms with Gasteiger partial charge in [-0.2, -0.15) is 0 Å². The molecule has 65 heavy (non-hydrogen) atoms. The van der Waals surface area contributed by atoms with E-state index in [1.54, 1.807) is 6.08 Å². The Hall–Kier alpha value is -2.06. The van der Waals surface area contributed by atoms with Crippen LogP contribution < -0.4 is 5.32 Å². The van der Waals surface area contributed by atoms with E-state index in [9.17, 15) is 19.4 Å². The average Bonchev–Trinajstić information content (AvgIpc) is 3.26. The van der Waals surface area contributed by atoms with E-state index in [4.69, 9.17) is 9.05 Å². The average molecular weight is 932 g/mol. The van der Waals surface area contributed by atoms with E-state index in [0.717, 1.165) is 77.0 Å². The van der Waals surface area contributed by atoms with Gasteiger partial charge in [-0.3, -0.25) is 13.8 Å². The van der Waals surface area contributed by atoms with Gasteiger partial charge in [0.05, 0.1) is 39.9 Å². The summed E-state index contributed by atoms with van der Waals surface area (Å²) in [5.41, 5.74) is 0. The van der Waals surface area contributed by atoms with Crippen molar-refractivity contribution in [3.8, 4) is 0 Å². The Morgan fingerprint density at radius 2 is 0.923 bits per heavy atom. The Bertz CT molecular complexity index is 1290. The first-order chi connectivity index (χ1) is 31.5. The monoisotopic (exact) mass is 932 g/mol. The molecule has 0 radical (unpaired) electrons. The topological polar surface area (TPSA) is 105 Å². The summed E-state index contributed by atoms with van der Waals surface area (Å²) >= 11 is 0. The molecule has 0 rings (SSSR count). The van der Waals surface area contributed by atoms with Gasteiger partial charge >= 0.3 is 7.82 Å². The number of unbranched alkanes of at least 4 members (excludes halogenated alkanes) is 25. The summed E-state index contributed by atoms with van der Waals surface area (Å²) in [5.74, 6) is -0.209. The number of hydrogen-bond acceptors (Lipinski definition) is 5. The summed E-state index contributed by atoms with van der Waals surface area (Å²) in [7, 11) is 1.54. The minimum atomic E-state index is -4.36. The highest BCUT2D eigenvalue weighted by Crippen LogP contribution is 2.43. The zero-order chi connectivity index (χ0) is 47.8. The van der Waals surface area contributed by atoms with Crippen LogP contribution in [0.4, 0.5) is 0 Å². The molecule has 9 heteroatoms. The summed E-state index contributed by atoms with van der Waals surface area (Å²) in [4.78, 5) is 23.2. The van der Waals surface area contributed by atoms with Crippen LogP contribution in [0.3, 0.4) is 0 Å². The Kier molecular flexibility index (Phi) is 45.5. The quantitative estimate of drug-likeness (QED) is 0.0243. The maximum Gasteiger partial charge on any atom is 0.472 e. The van der Waals surface area contributed by atoms with Crippen LogP contribution >= 0.6 is 7.82 Å². The van der Waals surface area contributed by atoms with Crippen molar-refractivity contribution in [3.63, 3.8) is 0 Å². The van der Waals surface area contributed by atoms with Gasteiger partial charge in [0.25, 0.3) is 0 Å². The van der Waals surface area contributed by atoms with Crippen LogP contribution in [0.1, 0.15) is 226 Å². The van der Waals surface area contributed by atoms with Crippen molar-refractivity contribution in [3.05, 3.63) is 72.9 Å². The highest BCUT2D eigenvalue weighted by molar-refractivity contribution is 7.47. The van der Waals surface area contributed by atoms with Gasteiger partial charge in [-0.1, -0.05) is 228 Å². The number of amides is 1. The first-order valence-electron chi connectivity index (χ1n) is 26.8. The Labute approximate surface area is 402 Å². The molecule has 0 fully saturated rings. The highest BCUT2D eigenvalue weighted by atomic mass is 31.2. The number of allylic oxidation sites excluding steroid dienone is 11. The van der Waals surface area contributed by atoms with Crippen molar-refractivity contribution >= 4 is 13.7 Å². The number of phosphoric ester groups is 1. The van der Waals surface area contributed by atoms with Crippen molar-refractivity contribution in [1.82, 2.24) is 5.32 Å². The summed E-state index contributed by atoms with van der Waals surface area (Å²) in [5, 5.41) is 13.9. The first-order valence-corrected chi connectivity index (χ1v) is 28.3. The van der Waals surface area contributed by atoms with Gasteiger partial charge in [0.1, 0.15) is 13.2 Å². The van der Waals surface area contributed by atoms with Gasteiger partial charge in [-0.15, -0.1) is 0 Å². The number of aliphatic hydroxyl groups is 1. The number of aliphatic hydroxyl groups excluding tert-OH is 1. The zero-order valence-electron chi connectivity index (χ0n) is 43.0. The summed E-state index contributed by atoms with van der Waals surface area (Å²) in [6, 6.07) is -0.868. The molecular weight excluding hydrogens is 828 g/mol. The lowest BCUT2D eigenvalue weighted by molar-refractivity contribution is -0.870. The third-order valence-electron chi connectivity index (χ3n) is 11.7. The second-order valence-electron chi connectivity index (χ2n) is 19.2. The molecule has 0 aliphatic heterocycles. The molecule has 0 bridgehead atoms. The molecule has 3 atom stereocenters. The molecular formula is C56H104N2O6P+. The zero-order valence-corrected chi connectivity index (χ0v) is 43.9. The second kappa shape index (κ2) is 47.0. The van der Waals surface area contributed by atoms with E-state index in [1.165, 1.54) is 128 Å². The predicted molar refractivity (Wildman–Crippen MR) is 281 cm³/mol. The van der Waals surface area contributed by atoms with Crippen LogP contribution in [0.2, 0.25) is 0 Å².